The van der Waals surface area contributed by atoms with Crippen LogP contribution in [0.2, 0.25) is 0 Å². The van der Waals surface area contributed by atoms with Gasteiger partial charge in [0.2, 0.25) is 0 Å². The van der Waals surface area contributed by atoms with Crippen molar-refractivity contribution in [2.24, 2.45) is 17.8 Å². The van der Waals surface area contributed by atoms with Crippen molar-refractivity contribution in [1.82, 2.24) is 0 Å². The third-order valence-corrected chi connectivity index (χ3v) is 11.0. The number of non-ortho nitro benzene ring substituents is 1. The molecule has 1 aromatic carbocycles. The Morgan fingerprint density at radius 2 is 1.65 bits per heavy atom. The SMILES string of the molecule is C=C1C[C@H](CCC(=O)O)OC1CC[C@H]1C[C@@H](C)C(=C)C(C[C@@H]2O[C@H]3C[C@@H](C)[C@@H](CCC)O[C@H]3[C@H](C)[C@H]2OC(=O)c2ccc([N+](=O)[O-])cc2)O1. The zero-order chi connectivity index (χ0) is 35.4. The van der Waals surface area contributed by atoms with Crippen LogP contribution in [-0.4, -0.2) is 76.9 Å². The number of esters is 1. The second-order valence-electron chi connectivity index (χ2n) is 14.7. The topological polar surface area (TPSA) is 144 Å². The Bertz CT molecular complexity index is 1360. The van der Waals surface area contributed by atoms with Gasteiger partial charge < -0.3 is 28.8 Å². The van der Waals surface area contributed by atoms with E-state index in [-0.39, 0.29) is 72.2 Å². The molecule has 5 rings (SSSR count). The predicted molar refractivity (Wildman–Crippen MR) is 182 cm³/mol. The molecule has 1 N–H and O–H groups in total. The number of ether oxygens (including phenoxy) is 5. The lowest BCUT2D eigenvalue weighted by Crippen LogP contribution is -2.60. The molecule has 0 saturated carbocycles. The Hall–Kier alpha value is -3.12. The van der Waals surface area contributed by atoms with Gasteiger partial charge in [-0.1, -0.05) is 47.3 Å². The van der Waals surface area contributed by atoms with Crippen molar-refractivity contribution in [2.45, 2.75) is 147 Å². The molecule has 4 aliphatic rings. The molecular formula is C38H53NO10. The molecule has 0 radical (unpaired) electrons. The van der Waals surface area contributed by atoms with Crippen LogP contribution in [0.4, 0.5) is 5.69 Å². The normalized spacial score (nSPS) is 36.2. The van der Waals surface area contributed by atoms with Gasteiger partial charge in [-0.15, -0.1) is 0 Å². The summed E-state index contributed by atoms with van der Waals surface area (Å²) < 4.78 is 32.5. The predicted octanol–water partition coefficient (Wildman–Crippen LogP) is 7.22. The zero-order valence-corrected chi connectivity index (χ0v) is 29.3. The van der Waals surface area contributed by atoms with E-state index >= 15 is 0 Å². The van der Waals surface area contributed by atoms with Crippen LogP contribution in [-0.2, 0) is 28.5 Å². The van der Waals surface area contributed by atoms with Crippen molar-refractivity contribution in [3.8, 4) is 0 Å². The second kappa shape index (κ2) is 16.3. The van der Waals surface area contributed by atoms with Crippen molar-refractivity contribution < 1.29 is 43.3 Å². The molecular weight excluding hydrogens is 630 g/mol. The Morgan fingerprint density at radius 3 is 2.33 bits per heavy atom. The molecule has 0 spiro atoms. The molecule has 4 heterocycles. The summed E-state index contributed by atoms with van der Waals surface area (Å²) >= 11 is 0. The smallest absolute Gasteiger partial charge is 0.338 e. The minimum Gasteiger partial charge on any atom is -0.481 e. The lowest BCUT2D eigenvalue weighted by Gasteiger charge is -2.51. The van der Waals surface area contributed by atoms with Crippen LogP contribution in [0.25, 0.3) is 0 Å². The first kappa shape index (κ1) is 37.1. The summed E-state index contributed by atoms with van der Waals surface area (Å²) in [6, 6.07) is 5.43. The molecule has 12 atom stereocenters. The van der Waals surface area contributed by atoms with Gasteiger partial charge in [-0.05, 0) is 80.1 Å². The highest BCUT2D eigenvalue weighted by Crippen LogP contribution is 2.43. The van der Waals surface area contributed by atoms with E-state index in [1.165, 1.54) is 24.3 Å². The second-order valence-corrected chi connectivity index (χ2v) is 14.7. The van der Waals surface area contributed by atoms with Crippen molar-refractivity contribution >= 4 is 17.6 Å². The van der Waals surface area contributed by atoms with Gasteiger partial charge in [0.05, 0.1) is 59.3 Å². The van der Waals surface area contributed by atoms with Gasteiger partial charge in [-0.25, -0.2) is 4.79 Å². The van der Waals surface area contributed by atoms with E-state index in [4.69, 9.17) is 28.8 Å². The minimum absolute atomic E-state index is 0.0392. The van der Waals surface area contributed by atoms with Crippen LogP contribution in [0, 0.1) is 27.9 Å². The molecule has 11 nitrogen and oxygen atoms in total. The number of carboxylic acids is 1. The maximum Gasteiger partial charge on any atom is 0.338 e. The third kappa shape index (κ3) is 8.98. The largest absolute Gasteiger partial charge is 0.481 e. The number of carbonyl (C=O) groups is 2. The van der Waals surface area contributed by atoms with Gasteiger partial charge >= 0.3 is 11.9 Å². The molecule has 0 aromatic heterocycles. The van der Waals surface area contributed by atoms with Crippen molar-refractivity contribution in [1.29, 1.82) is 0 Å². The molecule has 4 fully saturated rings. The Balaban J connectivity index is 1.29. The molecule has 49 heavy (non-hydrogen) atoms. The van der Waals surface area contributed by atoms with Gasteiger partial charge in [0.15, 0.2) is 0 Å². The molecule has 0 bridgehead atoms. The summed E-state index contributed by atoms with van der Waals surface area (Å²) in [5.74, 6) is -1.02. The number of benzene rings is 1. The first-order valence-electron chi connectivity index (χ1n) is 18.0. The van der Waals surface area contributed by atoms with E-state index in [0.717, 1.165) is 49.7 Å². The maximum absolute atomic E-state index is 13.5. The number of nitrogens with zero attached hydrogens (tertiary/aromatic N) is 1. The quantitative estimate of drug-likeness (QED) is 0.0980. The van der Waals surface area contributed by atoms with Crippen LogP contribution in [0.1, 0.15) is 102 Å². The highest BCUT2D eigenvalue weighted by atomic mass is 16.6. The zero-order valence-electron chi connectivity index (χ0n) is 29.3. The number of carboxylic acid groups (broad SMARTS) is 1. The van der Waals surface area contributed by atoms with Crippen LogP contribution >= 0.6 is 0 Å². The number of hydrogen-bond donors (Lipinski definition) is 1. The fourth-order valence-corrected chi connectivity index (χ4v) is 8.13. The Kier molecular flexibility index (Phi) is 12.3. The number of aliphatic carboxylic acids is 1. The van der Waals surface area contributed by atoms with Gasteiger partial charge in [0.1, 0.15) is 6.10 Å². The number of nitro benzene ring substituents is 1. The minimum atomic E-state index is -0.824. The van der Waals surface area contributed by atoms with Gasteiger partial charge in [0, 0.05) is 30.9 Å². The average molecular weight is 684 g/mol. The number of carbonyl (C=O) groups excluding carboxylic acids is 1. The summed E-state index contributed by atoms with van der Waals surface area (Å²) in [6.07, 6.45) is 4.86. The highest BCUT2D eigenvalue weighted by Gasteiger charge is 2.51. The van der Waals surface area contributed by atoms with E-state index < -0.39 is 29.1 Å². The molecule has 0 amide bonds. The first-order valence-corrected chi connectivity index (χ1v) is 18.0. The average Bonchev–Trinajstić information content (AvgIpc) is 3.42. The third-order valence-electron chi connectivity index (χ3n) is 11.0. The maximum atomic E-state index is 13.5. The van der Waals surface area contributed by atoms with E-state index in [0.29, 0.717) is 25.2 Å². The standard InChI is InChI=1S/C38H53NO10/c1-7-8-30-23(4)19-33-36(48-30)25(6)37(49-38(42)26-9-11-27(12-10-26)39(43)44)34(47-33)20-32-24(5)21(2)17-28(46-32)13-15-31-22(3)18-29(45-31)14-16-35(40)41/h9-12,21,23,25,28-34,36-37H,3,5,7-8,13-20H2,1-2,4,6H3,(H,40,41)/t21-,23-,25+,28+,29+,30-,31?,32?,33+,34+,36+,37-/m1/s1. The van der Waals surface area contributed by atoms with E-state index in [1.54, 1.807) is 0 Å². The molecule has 0 aliphatic carbocycles. The van der Waals surface area contributed by atoms with Crippen molar-refractivity contribution in [3.05, 3.63) is 64.2 Å². The Morgan fingerprint density at radius 1 is 0.939 bits per heavy atom. The molecule has 270 valence electrons. The molecule has 4 saturated heterocycles. The van der Waals surface area contributed by atoms with Crippen LogP contribution in [0.3, 0.4) is 0 Å². The monoisotopic (exact) mass is 683 g/mol. The molecule has 11 heteroatoms. The van der Waals surface area contributed by atoms with Gasteiger partial charge in [-0.3, -0.25) is 14.9 Å². The fraction of sp³-hybridized carbons (Fsp3) is 0.684. The summed E-state index contributed by atoms with van der Waals surface area (Å²) in [4.78, 5) is 35.2. The number of hydrogen-bond acceptors (Lipinski definition) is 9. The van der Waals surface area contributed by atoms with Crippen molar-refractivity contribution in [3.63, 3.8) is 0 Å². The lowest BCUT2D eigenvalue weighted by molar-refractivity contribution is -0.384. The van der Waals surface area contributed by atoms with Gasteiger partial charge in [0.25, 0.3) is 5.69 Å². The highest BCUT2D eigenvalue weighted by molar-refractivity contribution is 5.89. The van der Waals surface area contributed by atoms with Crippen molar-refractivity contribution in [2.75, 3.05) is 0 Å². The summed E-state index contributed by atoms with van der Waals surface area (Å²) in [7, 11) is 0. The number of nitro groups is 1. The molecule has 2 unspecified atom stereocenters. The summed E-state index contributed by atoms with van der Waals surface area (Å²) in [5.41, 5.74) is 2.12. The lowest BCUT2D eigenvalue weighted by atomic mass is 9.78. The number of fused-ring (bicyclic) bond motifs is 1. The Labute approximate surface area is 289 Å². The summed E-state index contributed by atoms with van der Waals surface area (Å²) in [5, 5.41) is 20.2. The van der Waals surface area contributed by atoms with Crippen LogP contribution in [0.5, 0.6) is 0 Å². The van der Waals surface area contributed by atoms with E-state index in [1.807, 2.05) is 0 Å². The van der Waals surface area contributed by atoms with E-state index in [2.05, 4.69) is 40.9 Å². The summed E-state index contributed by atoms with van der Waals surface area (Å²) in [6.45, 7) is 17.2. The van der Waals surface area contributed by atoms with E-state index in [9.17, 15) is 19.7 Å². The van der Waals surface area contributed by atoms with Gasteiger partial charge in [-0.2, -0.15) is 0 Å². The van der Waals surface area contributed by atoms with Crippen LogP contribution in [0.15, 0.2) is 48.6 Å². The number of rotatable bonds is 13. The molecule has 1 aromatic rings. The van der Waals surface area contributed by atoms with Crippen LogP contribution < -0.4 is 0 Å². The fourth-order valence-electron chi connectivity index (χ4n) is 8.13. The first-order chi connectivity index (χ1) is 23.3. The molecule has 4 aliphatic heterocycles.